The summed E-state index contributed by atoms with van der Waals surface area (Å²) in [4.78, 5) is 4.97. The Bertz CT molecular complexity index is 512. The van der Waals surface area contributed by atoms with Gasteiger partial charge in [-0.3, -0.25) is 0 Å². The molecule has 3 heteroatoms. The van der Waals surface area contributed by atoms with Crippen molar-refractivity contribution in [1.29, 1.82) is 0 Å². The SMILES string of the molecule is CO/N=C1\C=C2CC[C@@H]3[C@H](CC[C@]4(C)[C@@H](O)CC[C@@H]34)[C@H]2CC1. The molecular formula is C19H29NO2. The Balaban J connectivity index is 1.58. The highest BCUT2D eigenvalue weighted by atomic mass is 16.6. The van der Waals surface area contributed by atoms with Crippen LogP contribution < -0.4 is 0 Å². The predicted octanol–water partition coefficient (Wildman–Crippen LogP) is 3.92. The largest absolute Gasteiger partial charge is 0.399 e. The van der Waals surface area contributed by atoms with Gasteiger partial charge >= 0.3 is 0 Å². The van der Waals surface area contributed by atoms with Crippen molar-refractivity contribution in [3.05, 3.63) is 11.6 Å². The predicted molar refractivity (Wildman–Crippen MR) is 87.5 cm³/mol. The molecule has 122 valence electrons. The molecule has 0 aromatic rings. The molecule has 0 bridgehead atoms. The molecule has 4 rings (SSSR count). The summed E-state index contributed by atoms with van der Waals surface area (Å²) in [5, 5.41) is 14.6. The van der Waals surface area contributed by atoms with Gasteiger partial charge in [-0.05, 0) is 86.5 Å². The molecule has 1 N–H and O–H groups in total. The Labute approximate surface area is 133 Å². The van der Waals surface area contributed by atoms with E-state index in [0.29, 0.717) is 0 Å². The maximum Gasteiger partial charge on any atom is 0.106 e. The van der Waals surface area contributed by atoms with Crippen LogP contribution in [0.5, 0.6) is 0 Å². The Kier molecular flexibility index (Phi) is 3.60. The van der Waals surface area contributed by atoms with E-state index in [1.54, 1.807) is 12.7 Å². The van der Waals surface area contributed by atoms with E-state index in [2.05, 4.69) is 18.2 Å². The number of hydrogen-bond acceptors (Lipinski definition) is 3. The number of oxime groups is 1. The number of aliphatic hydroxyl groups excluding tert-OH is 1. The van der Waals surface area contributed by atoms with Crippen LogP contribution >= 0.6 is 0 Å². The zero-order valence-corrected chi connectivity index (χ0v) is 13.9. The van der Waals surface area contributed by atoms with Crippen LogP contribution in [0.4, 0.5) is 0 Å². The quantitative estimate of drug-likeness (QED) is 0.746. The summed E-state index contributed by atoms with van der Waals surface area (Å²) in [7, 11) is 1.64. The number of rotatable bonds is 1. The first kappa shape index (κ1) is 14.7. The Morgan fingerprint density at radius 2 is 2.00 bits per heavy atom. The van der Waals surface area contributed by atoms with Crippen LogP contribution in [0.2, 0.25) is 0 Å². The lowest BCUT2D eigenvalue weighted by Gasteiger charge is -2.53. The highest BCUT2D eigenvalue weighted by Crippen LogP contribution is 2.61. The van der Waals surface area contributed by atoms with Crippen molar-refractivity contribution in [2.45, 2.75) is 64.4 Å². The summed E-state index contributed by atoms with van der Waals surface area (Å²) in [5.74, 6) is 3.24. The van der Waals surface area contributed by atoms with E-state index in [-0.39, 0.29) is 11.5 Å². The highest BCUT2D eigenvalue weighted by molar-refractivity contribution is 5.96. The maximum absolute atomic E-state index is 10.5. The lowest BCUT2D eigenvalue weighted by Crippen LogP contribution is -2.47. The van der Waals surface area contributed by atoms with Crippen molar-refractivity contribution >= 4 is 5.71 Å². The zero-order valence-electron chi connectivity index (χ0n) is 13.9. The van der Waals surface area contributed by atoms with E-state index in [4.69, 9.17) is 4.84 Å². The minimum Gasteiger partial charge on any atom is -0.399 e. The fraction of sp³-hybridized carbons (Fsp3) is 0.842. The molecule has 4 aliphatic rings. The smallest absolute Gasteiger partial charge is 0.106 e. The minimum atomic E-state index is -0.0535. The van der Waals surface area contributed by atoms with E-state index in [1.807, 2.05) is 0 Å². The minimum absolute atomic E-state index is 0.0535. The van der Waals surface area contributed by atoms with Crippen LogP contribution in [0, 0.1) is 29.1 Å². The molecule has 3 fully saturated rings. The van der Waals surface area contributed by atoms with Crippen molar-refractivity contribution < 1.29 is 9.94 Å². The lowest BCUT2D eigenvalue weighted by atomic mass is 9.52. The number of nitrogens with zero attached hydrogens (tertiary/aromatic N) is 1. The third kappa shape index (κ3) is 2.08. The van der Waals surface area contributed by atoms with E-state index in [9.17, 15) is 5.11 Å². The van der Waals surface area contributed by atoms with Gasteiger partial charge in [0.1, 0.15) is 7.11 Å². The molecule has 0 aliphatic heterocycles. The van der Waals surface area contributed by atoms with Crippen molar-refractivity contribution in [2.75, 3.05) is 7.11 Å². The van der Waals surface area contributed by atoms with Crippen LogP contribution in [0.15, 0.2) is 16.8 Å². The summed E-state index contributed by atoms with van der Waals surface area (Å²) in [6, 6.07) is 0. The molecule has 0 unspecified atom stereocenters. The van der Waals surface area contributed by atoms with Crippen LogP contribution in [-0.2, 0) is 4.84 Å². The van der Waals surface area contributed by atoms with E-state index in [1.165, 1.54) is 38.5 Å². The molecule has 4 aliphatic carbocycles. The summed E-state index contributed by atoms with van der Waals surface area (Å²) < 4.78 is 0. The number of fused-ring (bicyclic) bond motifs is 5. The molecular weight excluding hydrogens is 274 g/mol. The first-order valence-electron chi connectivity index (χ1n) is 9.12. The molecule has 3 nitrogen and oxygen atoms in total. The van der Waals surface area contributed by atoms with Gasteiger partial charge in [-0.2, -0.15) is 0 Å². The van der Waals surface area contributed by atoms with E-state index >= 15 is 0 Å². The fourth-order valence-corrected chi connectivity index (χ4v) is 6.36. The first-order chi connectivity index (χ1) is 10.6. The van der Waals surface area contributed by atoms with Gasteiger partial charge in [0.2, 0.25) is 0 Å². The van der Waals surface area contributed by atoms with Crippen molar-refractivity contribution in [1.82, 2.24) is 0 Å². The average Bonchev–Trinajstić information content (AvgIpc) is 2.83. The number of hydrogen-bond donors (Lipinski definition) is 1. The van der Waals surface area contributed by atoms with Crippen molar-refractivity contribution in [3.63, 3.8) is 0 Å². The van der Waals surface area contributed by atoms with Crippen LogP contribution in [0.3, 0.4) is 0 Å². The van der Waals surface area contributed by atoms with Crippen LogP contribution in [0.25, 0.3) is 0 Å². The van der Waals surface area contributed by atoms with Crippen molar-refractivity contribution in [2.24, 2.45) is 34.2 Å². The second kappa shape index (κ2) is 5.36. The molecule has 0 heterocycles. The van der Waals surface area contributed by atoms with Gasteiger partial charge in [-0.1, -0.05) is 17.7 Å². The summed E-state index contributed by atoms with van der Waals surface area (Å²) in [5.41, 5.74) is 2.97. The normalized spacial score (nSPS) is 49.1. The zero-order chi connectivity index (χ0) is 15.3. The molecule has 0 aromatic heterocycles. The van der Waals surface area contributed by atoms with Gasteiger partial charge in [0, 0.05) is 0 Å². The maximum atomic E-state index is 10.5. The Morgan fingerprint density at radius 1 is 1.14 bits per heavy atom. The number of aliphatic hydroxyl groups is 1. The standard InChI is InChI=1S/C19H29NO2/c1-19-10-9-15-14-6-4-13(20-22-2)11-12(14)3-5-16(15)17(19)7-8-18(19)21/h11,14-18,21H,3-10H2,1-2H3/b20-13-/t14-,15+,16+,17-,18-,19-/m0/s1. The second-order valence-electron chi connectivity index (χ2n) is 8.24. The molecule has 0 aromatic carbocycles. The molecule has 0 saturated heterocycles. The highest BCUT2D eigenvalue weighted by Gasteiger charge is 2.55. The Morgan fingerprint density at radius 3 is 2.82 bits per heavy atom. The van der Waals surface area contributed by atoms with Gasteiger partial charge in [0.05, 0.1) is 11.8 Å². The third-order valence-corrected chi connectivity index (χ3v) is 7.47. The van der Waals surface area contributed by atoms with Gasteiger partial charge in [0.15, 0.2) is 0 Å². The molecule has 22 heavy (non-hydrogen) atoms. The molecule has 0 amide bonds. The van der Waals surface area contributed by atoms with E-state index < -0.39 is 0 Å². The van der Waals surface area contributed by atoms with Gasteiger partial charge in [-0.25, -0.2) is 0 Å². The van der Waals surface area contributed by atoms with Gasteiger partial charge in [0.25, 0.3) is 0 Å². The van der Waals surface area contributed by atoms with Crippen LogP contribution in [-0.4, -0.2) is 24.0 Å². The number of allylic oxidation sites excluding steroid dienone is 2. The summed E-state index contributed by atoms with van der Waals surface area (Å²) >= 11 is 0. The topological polar surface area (TPSA) is 41.8 Å². The first-order valence-corrected chi connectivity index (χ1v) is 9.12. The van der Waals surface area contributed by atoms with E-state index in [0.717, 1.165) is 42.2 Å². The summed E-state index contributed by atoms with van der Waals surface area (Å²) in [6.45, 7) is 2.36. The molecule has 6 atom stereocenters. The fourth-order valence-electron chi connectivity index (χ4n) is 6.36. The molecule has 3 saturated carbocycles. The summed E-state index contributed by atoms with van der Waals surface area (Å²) in [6.07, 6.45) is 12.0. The molecule has 0 radical (unpaired) electrons. The van der Waals surface area contributed by atoms with Gasteiger partial charge in [-0.15, -0.1) is 0 Å². The Hall–Kier alpha value is -0.830. The third-order valence-electron chi connectivity index (χ3n) is 7.47. The van der Waals surface area contributed by atoms with Crippen LogP contribution in [0.1, 0.15) is 58.3 Å². The monoisotopic (exact) mass is 303 g/mol. The van der Waals surface area contributed by atoms with Crippen molar-refractivity contribution in [3.8, 4) is 0 Å². The van der Waals surface area contributed by atoms with Gasteiger partial charge < -0.3 is 9.94 Å². The second-order valence-corrected chi connectivity index (χ2v) is 8.24. The average molecular weight is 303 g/mol. The molecule has 0 spiro atoms. The lowest BCUT2D eigenvalue weighted by molar-refractivity contribution is -0.0526.